The Morgan fingerprint density at radius 3 is 2.39 bits per heavy atom. The third kappa shape index (κ3) is 6.02. The topological polar surface area (TPSA) is 73.5 Å². The SMILES string of the molecule is CCCNC1CCN(S(=O)(=O)Nc2ccc(F)c(F)c2Nc2ccc(I)cc2F)CC1. The van der Waals surface area contributed by atoms with Crippen molar-refractivity contribution >= 4 is 49.9 Å². The molecule has 3 rings (SSSR count). The van der Waals surface area contributed by atoms with E-state index < -0.39 is 33.3 Å². The first-order valence-corrected chi connectivity index (χ1v) is 12.4. The fourth-order valence-corrected chi connectivity index (χ4v) is 5.06. The van der Waals surface area contributed by atoms with Crippen LogP contribution in [0.4, 0.5) is 30.2 Å². The van der Waals surface area contributed by atoms with Crippen LogP contribution in [0.1, 0.15) is 26.2 Å². The zero-order valence-electron chi connectivity index (χ0n) is 16.9. The molecule has 3 N–H and O–H groups in total. The number of rotatable bonds is 8. The van der Waals surface area contributed by atoms with Crippen LogP contribution < -0.4 is 15.4 Å². The molecule has 0 saturated carbocycles. The Morgan fingerprint density at radius 2 is 1.74 bits per heavy atom. The predicted molar refractivity (Wildman–Crippen MR) is 124 cm³/mol. The number of hydrogen-bond acceptors (Lipinski definition) is 4. The number of piperidine rings is 1. The highest BCUT2D eigenvalue weighted by atomic mass is 127. The van der Waals surface area contributed by atoms with Crippen molar-refractivity contribution in [3.05, 3.63) is 51.4 Å². The van der Waals surface area contributed by atoms with Crippen LogP contribution in [0.2, 0.25) is 0 Å². The van der Waals surface area contributed by atoms with E-state index in [2.05, 4.69) is 22.3 Å². The van der Waals surface area contributed by atoms with Gasteiger partial charge in [0.25, 0.3) is 0 Å². The summed E-state index contributed by atoms with van der Waals surface area (Å²) in [6.45, 7) is 3.53. The highest BCUT2D eigenvalue weighted by Gasteiger charge is 2.29. The monoisotopic (exact) mass is 568 g/mol. The molecule has 0 spiro atoms. The fourth-order valence-electron chi connectivity index (χ4n) is 3.34. The molecule has 1 aliphatic heterocycles. The summed E-state index contributed by atoms with van der Waals surface area (Å²) in [5.41, 5.74) is -0.792. The summed E-state index contributed by atoms with van der Waals surface area (Å²) < 4.78 is 72.5. The zero-order valence-corrected chi connectivity index (χ0v) is 19.9. The Balaban J connectivity index is 1.80. The molecule has 6 nitrogen and oxygen atoms in total. The van der Waals surface area contributed by atoms with E-state index in [-0.39, 0.29) is 17.4 Å². The van der Waals surface area contributed by atoms with Gasteiger partial charge in [0.15, 0.2) is 11.6 Å². The molecule has 31 heavy (non-hydrogen) atoms. The third-order valence-corrected chi connectivity index (χ3v) is 7.20. The van der Waals surface area contributed by atoms with Crippen LogP contribution in [0.3, 0.4) is 0 Å². The van der Waals surface area contributed by atoms with Crippen LogP contribution in [0, 0.1) is 21.0 Å². The first kappa shape index (κ1) is 24.1. The Kier molecular flexibility index (Phi) is 8.05. The molecule has 1 heterocycles. The van der Waals surface area contributed by atoms with Gasteiger partial charge in [-0.1, -0.05) is 6.92 Å². The number of benzene rings is 2. The minimum absolute atomic E-state index is 0.104. The van der Waals surface area contributed by atoms with Crippen LogP contribution in [-0.4, -0.2) is 38.4 Å². The van der Waals surface area contributed by atoms with Crippen LogP contribution in [0.15, 0.2) is 30.3 Å². The van der Waals surface area contributed by atoms with Crippen molar-refractivity contribution in [3.8, 4) is 0 Å². The van der Waals surface area contributed by atoms with Crippen LogP contribution >= 0.6 is 22.6 Å². The molecule has 170 valence electrons. The molecular formula is C20H24F3IN4O2S. The van der Waals surface area contributed by atoms with Crippen LogP contribution in [-0.2, 0) is 10.2 Å². The second-order valence-electron chi connectivity index (χ2n) is 7.27. The molecule has 1 fully saturated rings. The average molecular weight is 568 g/mol. The summed E-state index contributed by atoms with van der Waals surface area (Å²) in [5.74, 6) is -3.16. The maximum atomic E-state index is 14.5. The van der Waals surface area contributed by atoms with E-state index in [1.54, 1.807) is 6.07 Å². The van der Waals surface area contributed by atoms with Gasteiger partial charge in [0.05, 0.1) is 11.4 Å². The number of hydrogen-bond donors (Lipinski definition) is 3. The maximum Gasteiger partial charge on any atom is 0.301 e. The molecule has 0 unspecified atom stereocenters. The van der Waals surface area contributed by atoms with Crippen molar-refractivity contribution in [1.29, 1.82) is 0 Å². The lowest BCUT2D eigenvalue weighted by molar-refractivity contribution is 0.291. The van der Waals surface area contributed by atoms with Gasteiger partial charge in [0.2, 0.25) is 0 Å². The minimum atomic E-state index is -4.01. The Morgan fingerprint density at radius 1 is 1.06 bits per heavy atom. The number of halogens is 4. The van der Waals surface area contributed by atoms with E-state index in [1.807, 2.05) is 22.6 Å². The maximum absolute atomic E-state index is 14.5. The van der Waals surface area contributed by atoms with E-state index in [0.29, 0.717) is 29.5 Å². The Hall–Kier alpha value is -1.57. The fraction of sp³-hybridized carbons (Fsp3) is 0.400. The summed E-state index contributed by atoms with van der Waals surface area (Å²) in [7, 11) is -4.01. The van der Waals surface area contributed by atoms with Gasteiger partial charge in [-0.05, 0) is 78.7 Å². The van der Waals surface area contributed by atoms with Crippen molar-refractivity contribution in [2.45, 2.75) is 32.2 Å². The lowest BCUT2D eigenvalue weighted by Crippen LogP contribution is -2.46. The van der Waals surface area contributed by atoms with Crippen molar-refractivity contribution < 1.29 is 21.6 Å². The summed E-state index contributed by atoms with van der Waals surface area (Å²) in [4.78, 5) is 0. The van der Waals surface area contributed by atoms with Crippen molar-refractivity contribution in [3.63, 3.8) is 0 Å². The zero-order chi connectivity index (χ0) is 22.6. The molecule has 1 aliphatic rings. The molecule has 2 aromatic rings. The lowest BCUT2D eigenvalue weighted by Gasteiger charge is -2.32. The van der Waals surface area contributed by atoms with Crippen LogP contribution in [0.5, 0.6) is 0 Å². The Labute approximate surface area is 193 Å². The van der Waals surface area contributed by atoms with E-state index in [9.17, 15) is 21.6 Å². The molecular weight excluding hydrogens is 544 g/mol. The standard InChI is InChI=1S/C20H24F3IN4O2S/c1-2-9-25-14-7-10-28(11-8-14)31(29,30)27-18-6-4-15(21)19(23)20(18)26-17-5-3-13(24)12-16(17)22/h3-6,12,14,25-27H,2,7-11H2,1H3. The first-order chi connectivity index (χ1) is 14.7. The molecule has 0 bridgehead atoms. The first-order valence-electron chi connectivity index (χ1n) is 9.92. The van der Waals surface area contributed by atoms with Crippen molar-refractivity contribution in [1.82, 2.24) is 9.62 Å². The van der Waals surface area contributed by atoms with Crippen molar-refractivity contribution in [2.75, 3.05) is 29.7 Å². The normalized spacial score (nSPS) is 15.8. The smallest absolute Gasteiger partial charge is 0.301 e. The van der Waals surface area contributed by atoms with Gasteiger partial charge in [0.1, 0.15) is 11.5 Å². The summed E-state index contributed by atoms with van der Waals surface area (Å²) in [5, 5.41) is 5.86. The Bertz CT molecular complexity index is 1030. The van der Waals surface area contributed by atoms with Gasteiger partial charge >= 0.3 is 10.2 Å². The second kappa shape index (κ2) is 10.4. The largest absolute Gasteiger partial charge is 0.349 e. The van der Waals surface area contributed by atoms with Gasteiger partial charge in [-0.3, -0.25) is 4.72 Å². The van der Waals surface area contributed by atoms with Gasteiger partial charge in [-0.2, -0.15) is 12.7 Å². The summed E-state index contributed by atoms with van der Waals surface area (Å²) >= 11 is 1.92. The molecule has 0 aromatic heterocycles. The number of nitrogens with zero attached hydrogens (tertiary/aromatic N) is 1. The number of anilines is 3. The molecule has 0 atom stereocenters. The third-order valence-electron chi connectivity index (χ3n) is 5.00. The van der Waals surface area contributed by atoms with E-state index in [1.165, 1.54) is 16.4 Å². The molecule has 2 aromatic carbocycles. The quantitative estimate of drug-likeness (QED) is 0.408. The second-order valence-corrected chi connectivity index (χ2v) is 10.2. The highest BCUT2D eigenvalue weighted by molar-refractivity contribution is 14.1. The minimum Gasteiger partial charge on any atom is -0.349 e. The molecule has 11 heteroatoms. The van der Waals surface area contributed by atoms with Gasteiger partial charge < -0.3 is 10.6 Å². The summed E-state index contributed by atoms with van der Waals surface area (Å²) in [6.07, 6.45) is 2.29. The predicted octanol–water partition coefficient (Wildman–Crippen LogP) is 4.57. The van der Waals surface area contributed by atoms with Crippen LogP contribution in [0.25, 0.3) is 0 Å². The van der Waals surface area contributed by atoms with Gasteiger partial charge in [0, 0.05) is 22.7 Å². The van der Waals surface area contributed by atoms with Gasteiger partial charge in [-0.15, -0.1) is 0 Å². The molecule has 0 amide bonds. The van der Waals surface area contributed by atoms with E-state index in [4.69, 9.17) is 0 Å². The molecule has 1 saturated heterocycles. The van der Waals surface area contributed by atoms with Gasteiger partial charge in [-0.25, -0.2) is 13.2 Å². The van der Waals surface area contributed by atoms with E-state index >= 15 is 0 Å². The average Bonchev–Trinajstić information content (AvgIpc) is 2.73. The van der Waals surface area contributed by atoms with Crippen molar-refractivity contribution in [2.24, 2.45) is 0 Å². The highest BCUT2D eigenvalue weighted by Crippen LogP contribution is 2.33. The summed E-state index contributed by atoms with van der Waals surface area (Å²) in [6, 6.07) is 6.36. The molecule has 0 radical (unpaired) electrons. The van der Waals surface area contributed by atoms with E-state index in [0.717, 1.165) is 25.1 Å². The lowest BCUT2D eigenvalue weighted by atomic mass is 10.1. The molecule has 0 aliphatic carbocycles. The number of nitrogens with one attached hydrogen (secondary N) is 3.